The lowest BCUT2D eigenvalue weighted by atomic mass is 10.1. The zero-order chi connectivity index (χ0) is 15.1. The molecule has 1 atom stereocenters. The summed E-state index contributed by atoms with van der Waals surface area (Å²) in [6, 6.07) is 9.58. The van der Waals surface area contributed by atoms with E-state index in [1.807, 2.05) is 18.2 Å². The van der Waals surface area contributed by atoms with Gasteiger partial charge >= 0.3 is 12.0 Å². The van der Waals surface area contributed by atoms with Crippen molar-refractivity contribution in [2.45, 2.75) is 31.7 Å². The van der Waals surface area contributed by atoms with E-state index in [1.54, 1.807) is 4.90 Å². The number of carbonyl (C=O) groups is 2. The van der Waals surface area contributed by atoms with E-state index in [1.165, 1.54) is 12.7 Å². The van der Waals surface area contributed by atoms with Gasteiger partial charge in [-0.1, -0.05) is 30.3 Å². The van der Waals surface area contributed by atoms with Gasteiger partial charge in [-0.15, -0.1) is 0 Å². The molecule has 1 saturated heterocycles. The number of aryl methyl sites for hydroxylation is 1. The highest BCUT2D eigenvalue weighted by molar-refractivity contribution is 5.84. The summed E-state index contributed by atoms with van der Waals surface area (Å²) in [4.78, 5) is 25.3. The number of rotatable bonds is 5. The molecule has 1 aliphatic heterocycles. The van der Waals surface area contributed by atoms with Crippen LogP contribution in [-0.4, -0.2) is 43.1 Å². The second kappa shape index (κ2) is 7.67. The zero-order valence-electron chi connectivity index (χ0n) is 12.4. The molecule has 21 heavy (non-hydrogen) atoms. The van der Waals surface area contributed by atoms with Crippen LogP contribution in [0.3, 0.4) is 0 Å². The molecule has 1 fully saturated rings. The molecule has 1 aliphatic rings. The van der Waals surface area contributed by atoms with Crippen molar-refractivity contribution in [1.82, 2.24) is 10.2 Å². The third kappa shape index (κ3) is 4.21. The summed E-state index contributed by atoms with van der Waals surface area (Å²) in [5.41, 5.74) is 1.26. The molecule has 0 aromatic heterocycles. The Labute approximate surface area is 125 Å². The van der Waals surface area contributed by atoms with E-state index in [2.05, 4.69) is 17.4 Å². The maximum absolute atomic E-state index is 12.1. The minimum atomic E-state index is -0.427. The molecule has 1 heterocycles. The average Bonchev–Trinajstić information content (AvgIpc) is 3.01. The summed E-state index contributed by atoms with van der Waals surface area (Å²) >= 11 is 0. The summed E-state index contributed by atoms with van der Waals surface area (Å²) in [6.45, 7) is 1.22. The first-order valence-corrected chi connectivity index (χ1v) is 7.38. The molecule has 2 amide bonds. The van der Waals surface area contributed by atoms with Crippen molar-refractivity contribution in [1.29, 1.82) is 0 Å². The van der Waals surface area contributed by atoms with Gasteiger partial charge in [-0.05, 0) is 31.2 Å². The Kier molecular flexibility index (Phi) is 5.60. The number of amides is 2. The summed E-state index contributed by atoms with van der Waals surface area (Å²) in [7, 11) is 1.36. The molecule has 1 aromatic carbocycles. The number of esters is 1. The van der Waals surface area contributed by atoms with Crippen LogP contribution in [0.4, 0.5) is 4.79 Å². The number of hydrogen-bond acceptors (Lipinski definition) is 3. The lowest BCUT2D eigenvalue weighted by molar-refractivity contribution is -0.144. The minimum absolute atomic E-state index is 0.170. The van der Waals surface area contributed by atoms with E-state index in [-0.39, 0.29) is 12.0 Å². The number of hydrogen-bond donors (Lipinski definition) is 1. The average molecular weight is 290 g/mol. The van der Waals surface area contributed by atoms with Crippen LogP contribution >= 0.6 is 0 Å². The Morgan fingerprint density at radius 3 is 2.81 bits per heavy atom. The standard InChI is InChI=1S/C16H22N2O3/c1-21-15(19)14-10-6-12-18(14)16(20)17-11-5-9-13-7-3-2-4-8-13/h2-4,7-8,14H,5-6,9-12H2,1H3,(H,17,20). The number of benzene rings is 1. The van der Waals surface area contributed by atoms with E-state index >= 15 is 0 Å². The van der Waals surface area contributed by atoms with Crippen LogP contribution in [0.1, 0.15) is 24.8 Å². The van der Waals surface area contributed by atoms with Gasteiger partial charge in [-0.2, -0.15) is 0 Å². The van der Waals surface area contributed by atoms with Crippen molar-refractivity contribution in [2.75, 3.05) is 20.2 Å². The second-order valence-electron chi connectivity index (χ2n) is 5.20. The fraction of sp³-hybridized carbons (Fsp3) is 0.500. The fourth-order valence-corrected chi connectivity index (χ4v) is 2.62. The predicted molar refractivity (Wildman–Crippen MR) is 79.9 cm³/mol. The van der Waals surface area contributed by atoms with Gasteiger partial charge in [-0.3, -0.25) is 0 Å². The van der Waals surface area contributed by atoms with Crippen molar-refractivity contribution in [3.63, 3.8) is 0 Å². The zero-order valence-corrected chi connectivity index (χ0v) is 12.4. The van der Waals surface area contributed by atoms with Crippen LogP contribution < -0.4 is 5.32 Å². The Morgan fingerprint density at radius 2 is 2.10 bits per heavy atom. The lowest BCUT2D eigenvalue weighted by Gasteiger charge is -2.22. The first-order valence-electron chi connectivity index (χ1n) is 7.38. The molecular weight excluding hydrogens is 268 g/mol. The third-order valence-corrected chi connectivity index (χ3v) is 3.75. The molecule has 0 spiro atoms. The maximum atomic E-state index is 12.1. The maximum Gasteiger partial charge on any atom is 0.328 e. The van der Waals surface area contributed by atoms with E-state index < -0.39 is 6.04 Å². The molecule has 5 heteroatoms. The van der Waals surface area contributed by atoms with E-state index in [0.29, 0.717) is 19.5 Å². The van der Waals surface area contributed by atoms with Crippen LogP contribution in [0.2, 0.25) is 0 Å². The van der Waals surface area contributed by atoms with Gasteiger partial charge in [-0.25, -0.2) is 9.59 Å². The summed E-state index contributed by atoms with van der Waals surface area (Å²) in [5, 5.41) is 2.88. The summed E-state index contributed by atoms with van der Waals surface area (Å²) < 4.78 is 4.74. The van der Waals surface area contributed by atoms with Crippen molar-refractivity contribution < 1.29 is 14.3 Å². The van der Waals surface area contributed by atoms with Crippen LogP contribution in [0.15, 0.2) is 30.3 Å². The molecule has 114 valence electrons. The van der Waals surface area contributed by atoms with Crippen molar-refractivity contribution >= 4 is 12.0 Å². The lowest BCUT2D eigenvalue weighted by Crippen LogP contribution is -2.46. The largest absolute Gasteiger partial charge is 0.467 e. The molecule has 1 N–H and O–H groups in total. The molecule has 2 rings (SSSR count). The SMILES string of the molecule is COC(=O)C1CCCN1C(=O)NCCCc1ccccc1. The quantitative estimate of drug-likeness (QED) is 0.666. The smallest absolute Gasteiger partial charge is 0.328 e. The highest BCUT2D eigenvalue weighted by Gasteiger charge is 2.34. The van der Waals surface area contributed by atoms with Gasteiger partial charge in [0.1, 0.15) is 6.04 Å². The van der Waals surface area contributed by atoms with Crippen molar-refractivity contribution in [2.24, 2.45) is 0 Å². The van der Waals surface area contributed by atoms with Gasteiger partial charge in [0.05, 0.1) is 7.11 Å². The number of likely N-dealkylation sites (tertiary alicyclic amines) is 1. The number of carbonyl (C=O) groups excluding carboxylic acids is 2. The van der Waals surface area contributed by atoms with E-state index in [9.17, 15) is 9.59 Å². The molecule has 0 aliphatic carbocycles. The van der Waals surface area contributed by atoms with Crippen molar-refractivity contribution in [3.05, 3.63) is 35.9 Å². The number of methoxy groups -OCH3 is 1. The van der Waals surface area contributed by atoms with Gasteiger partial charge in [0.15, 0.2) is 0 Å². The first kappa shape index (κ1) is 15.4. The molecule has 0 saturated carbocycles. The monoisotopic (exact) mass is 290 g/mol. The molecule has 1 unspecified atom stereocenters. The number of nitrogens with one attached hydrogen (secondary N) is 1. The third-order valence-electron chi connectivity index (χ3n) is 3.75. The van der Waals surface area contributed by atoms with E-state index in [4.69, 9.17) is 4.74 Å². The predicted octanol–water partition coefficient (Wildman–Crippen LogP) is 1.97. The van der Waals surface area contributed by atoms with Crippen LogP contribution in [0.25, 0.3) is 0 Å². The summed E-state index contributed by atoms with van der Waals surface area (Å²) in [5.74, 6) is -0.327. The molecule has 5 nitrogen and oxygen atoms in total. The van der Waals surface area contributed by atoms with Crippen LogP contribution in [0.5, 0.6) is 0 Å². The van der Waals surface area contributed by atoms with Gasteiger partial charge < -0.3 is 15.0 Å². The van der Waals surface area contributed by atoms with Gasteiger partial charge in [0, 0.05) is 13.1 Å². The highest BCUT2D eigenvalue weighted by atomic mass is 16.5. The molecular formula is C16H22N2O3. The Morgan fingerprint density at radius 1 is 1.33 bits per heavy atom. The van der Waals surface area contributed by atoms with Crippen molar-refractivity contribution in [3.8, 4) is 0 Å². The van der Waals surface area contributed by atoms with E-state index in [0.717, 1.165) is 19.3 Å². The molecule has 0 radical (unpaired) electrons. The van der Waals surface area contributed by atoms with Crippen LogP contribution in [-0.2, 0) is 16.0 Å². The number of nitrogens with zero attached hydrogens (tertiary/aromatic N) is 1. The number of urea groups is 1. The highest BCUT2D eigenvalue weighted by Crippen LogP contribution is 2.18. The van der Waals surface area contributed by atoms with Gasteiger partial charge in [0.2, 0.25) is 0 Å². The second-order valence-corrected chi connectivity index (χ2v) is 5.20. The Balaban J connectivity index is 1.73. The Bertz CT molecular complexity index is 476. The number of ether oxygens (including phenoxy) is 1. The topological polar surface area (TPSA) is 58.6 Å². The van der Waals surface area contributed by atoms with Crippen LogP contribution in [0, 0.1) is 0 Å². The molecule has 1 aromatic rings. The normalized spacial score (nSPS) is 17.6. The molecule has 0 bridgehead atoms. The fourth-order valence-electron chi connectivity index (χ4n) is 2.62. The first-order chi connectivity index (χ1) is 10.2. The summed E-state index contributed by atoms with van der Waals surface area (Å²) in [6.07, 6.45) is 3.34. The van der Waals surface area contributed by atoms with Gasteiger partial charge in [0.25, 0.3) is 0 Å². The Hall–Kier alpha value is -2.04. The minimum Gasteiger partial charge on any atom is -0.467 e.